The van der Waals surface area contributed by atoms with Gasteiger partial charge in [0.15, 0.2) is 0 Å². The van der Waals surface area contributed by atoms with E-state index < -0.39 is 0 Å². The van der Waals surface area contributed by atoms with Crippen molar-refractivity contribution in [2.24, 2.45) is 0 Å². The lowest BCUT2D eigenvalue weighted by Crippen LogP contribution is -2.23. The van der Waals surface area contributed by atoms with Crippen LogP contribution in [0, 0.1) is 3.57 Å². The van der Waals surface area contributed by atoms with Crippen molar-refractivity contribution < 1.29 is 9.53 Å². The van der Waals surface area contributed by atoms with Crippen LogP contribution in [0.25, 0.3) is 28.2 Å². The van der Waals surface area contributed by atoms with Gasteiger partial charge in [-0.3, -0.25) is 14.2 Å². The molecule has 0 bridgehead atoms. The van der Waals surface area contributed by atoms with Crippen LogP contribution in [0.2, 0.25) is 0 Å². The number of nitrogens with zero attached hydrogens (tertiary/aromatic N) is 2. The number of fused-ring (bicyclic) bond motifs is 2. The van der Waals surface area contributed by atoms with Crippen molar-refractivity contribution in [1.29, 1.82) is 0 Å². The Morgan fingerprint density at radius 3 is 2.72 bits per heavy atom. The number of halogens is 2. The van der Waals surface area contributed by atoms with E-state index in [2.05, 4.69) is 43.8 Å². The highest BCUT2D eigenvalue weighted by Gasteiger charge is 2.26. The van der Waals surface area contributed by atoms with E-state index in [9.17, 15) is 9.59 Å². The first-order valence-electron chi connectivity index (χ1n) is 9.65. The number of nitrogens with one attached hydrogen (secondary N) is 1. The highest BCUT2D eigenvalue weighted by molar-refractivity contribution is 14.1. The number of para-hydroxylation sites is 2. The maximum Gasteiger partial charge on any atom is 0.266 e. The first kappa shape index (κ1) is 20.9. The molecule has 1 amide bonds. The molecule has 4 aromatic rings. The SMILES string of the molecule is COc1ccccc1-n1c(/C=C2/C(=O)Nc3ccc(Br)cc32)nc2ccc(I)cc2c1=O. The van der Waals surface area contributed by atoms with Crippen LogP contribution in [-0.4, -0.2) is 22.6 Å². The van der Waals surface area contributed by atoms with E-state index in [1.54, 1.807) is 25.3 Å². The summed E-state index contributed by atoms with van der Waals surface area (Å²) in [4.78, 5) is 31.2. The van der Waals surface area contributed by atoms with Crippen LogP contribution >= 0.6 is 38.5 Å². The first-order valence-corrected chi connectivity index (χ1v) is 11.5. The van der Waals surface area contributed by atoms with Gasteiger partial charge in [-0.2, -0.15) is 0 Å². The molecule has 8 heteroatoms. The summed E-state index contributed by atoms with van der Waals surface area (Å²) >= 11 is 5.63. The first-order chi connectivity index (χ1) is 15.5. The summed E-state index contributed by atoms with van der Waals surface area (Å²) in [6.07, 6.45) is 1.65. The predicted molar refractivity (Wildman–Crippen MR) is 137 cm³/mol. The fraction of sp³-hybridized carbons (Fsp3) is 0.0417. The van der Waals surface area contributed by atoms with Crippen molar-refractivity contribution in [3.05, 3.63) is 90.4 Å². The van der Waals surface area contributed by atoms with Crippen LogP contribution in [0.3, 0.4) is 0 Å². The molecule has 158 valence electrons. The summed E-state index contributed by atoms with van der Waals surface area (Å²) in [5.41, 5.74) is 2.76. The van der Waals surface area contributed by atoms with Crippen molar-refractivity contribution in [2.45, 2.75) is 0 Å². The zero-order valence-corrected chi connectivity index (χ0v) is 20.5. The Hall–Kier alpha value is -2.98. The molecule has 0 radical (unpaired) electrons. The number of carbonyl (C=O) groups excluding carboxylic acids is 1. The number of aromatic nitrogens is 2. The predicted octanol–water partition coefficient (Wildman–Crippen LogP) is 5.25. The van der Waals surface area contributed by atoms with Crippen molar-refractivity contribution in [1.82, 2.24) is 9.55 Å². The number of hydrogen-bond donors (Lipinski definition) is 1. The van der Waals surface area contributed by atoms with Crippen LogP contribution in [0.1, 0.15) is 11.4 Å². The summed E-state index contributed by atoms with van der Waals surface area (Å²) in [5, 5.41) is 3.36. The second kappa shape index (κ2) is 8.18. The number of anilines is 1. The molecule has 5 rings (SSSR count). The van der Waals surface area contributed by atoms with Crippen molar-refractivity contribution in [2.75, 3.05) is 12.4 Å². The third-order valence-corrected chi connectivity index (χ3v) is 6.38. The molecule has 1 aliphatic rings. The van der Waals surface area contributed by atoms with Crippen LogP contribution in [0.4, 0.5) is 5.69 Å². The van der Waals surface area contributed by atoms with E-state index in [0.29, 0.717) is 39.4 Å². The van der Waals surface area contributed by atoms with Crippen LogP contribution < -0.4 is 15.6 Å². The number of amides is 1. The Bertz CT molecular complexity index is 1510. The number of ether oxygens (including phenoxy) is 1. The van der Waals surface area contributed by atoms with Crippen LogP contribution in [-0.2, 0) is 4.79 Å². The molecule has 0 unspecified atom stereocenters. The Balaban J connectivity index is 1.85. The van der Waals surface area contributed by atoms with E-state index in [1.807, 2.05) is 48.5 Å². The third-order valence-electron chi connectivity index (χ3n) is 5.22. The standard InChI is InChI=1S/C24H15BrIN3O3/c1-32-21-5-3-2-4-20(21)29-22(27-19-9-7-14(26)11-17(19)24(29)31)12-16-15-10-13(25)6-8-18(15)28-23(16)30/h2-12H,1H3,(H,28,30)/b16-12+. The Labute approximate surface area is 205 Å². The Morgan fingerprint density at radius 1 is 1.09 bits per heavy atom. The van der Waals surface area contributed by atoms with Gasteiger partial charge in [0.2, 0.25) is 0 Å². The molecule has 1 aliphatic heterocycles. The maximum absolute atomic E-state index is 13.7. The Kier molecular flexibility index (Phi) is 5.34. The van der Waals surface area contributed by atoms with Gasteiger partial charge in [-0.05, 0) is 77.2 Å². The molecule has 32 heavy (non-hydrogen) atoms. The fourth-order valence-electron chi connectivity index (χ4n) is 3.75. The molecule has 1 N–H and O–H groups in total. The van der Waals surface area contributed by atoms with Gasteiger partial charge < -0.3 is 10.1 Å². The summed E-state index contributed by atoms with van der Waals surface area (Å²) in [6, 6.07) is 18.3. The minimum absolute atomic E-state index is 0.238. The van der Waals surface area contributed by atoms with E-state index >= 15 is 0 Å². The average Bonchev–Trinajstić information content (AvgIpc) is 3.09. The average molecular weight is 600 g/mol. The van der Waals surface area contributed by atoms with Crippen molar-refractivity contribution in [3.8, 4) is 11.4 Å². The smallest absolute Gasteiger partial charge is 0.266 e. The summed E-state index contributed by atoms with van der Waals surface area (Å²) < 4.78 is 8.79. The van der Waals surface area contributed by atoms with Gasteiger partial charge in [-0.1, -0.05) is 28.1 Å². The normalized spacial score (nSPS) is 14.0. The van der Waals surface area contributed by atoms with Gasteiger partial charge in [0.25, 0.3) is 11.5 Å². The lowest BCUT2D eigenvalue weighted by atomic mass is 10.1. The topological polar surface area (TPSA) is 73.2 Å². The molecular formula is C24H15BrIN3O3. The molecular weight excluding hydrogens is 585 g/mol. The highest BCUT2D eigenvalue weighted by atomic mass is 127. The van der Waals surface area contributed by atoms with Gasteiger partial charge >= 0.3 is 0 Å². The molecule has 1 aromatic heterocycles. The van der Waals surface area contributed by atoms with Crippen LogP contribution in [0.5, 0.6) is 5.75 Å². The van der Waals surface area contributed by atoms with E-state index in [1.165, 1.54) is 4.57 Å². The van der Waals surface area contributed by atoms with Gasteiger partial charge in [0, 0.05) is 19.3 Å². The molecule has 0 spiro atoms. The largest absolute Gasteiger partial charge is 0.495 e. The number of methoxy groups -OCH3 is 1. The molecule has 6 nitrogen and oxygen atoms in total. The summed E-state index contributed by atoms with van der Waals surface area (Å²) in [7, 11) is 1.55. The maximum atomic E-state index is 13.7. The lowest BCUT2D eigenvalue weighted by Gasteiger charge is -2.15. The zero-order chi connectivity index (χ0) is 22.4. The minimum Gasteiger partial charge on any atom is -0.495 e. The van der Waals surface area contributed by atoms with Gasteiger partial charge in [-0.15, -0.1) is 0 Å². The number of hydrogen-bond acceptors (Lipinski definition) is 4. The van der Waals surface area contributed by atoms with E-state index in [4.69, 9.17) is 9.72 Å². The van der Waals surface area contributed by atoms with Crippen LogP contribution in [0.15, 0.2) is 69.9 Å². The molecule has 0 atom stereocenters. The van der Waals surface area contributed by atoms with Gasteiger partial charge in [0.1, 0.15) is 11.6 Å². The van der Waals surface area contributed by atoms with Gasteiger partial charge in [-0.25, -0.2) is 4.98 Å². The summed E-state index contributed by atoms with van der Waals surface area (Å²) in [5.74, 6) is 0.618. The molecule has 0 saturated carbocycles. The quantitative estimate of drug-likeness (QED) is 0.258. The fourth-order valence-corrected chi connectivity index (χ4v) is 4.60. The van der Waals surface area contributed by atoms with E-state index in [0.717, 1.165) is 13.6 Å². The number of benzene rings is 3. The van der Waals surface area contributed by atoms with E-state index in [-0.39, 0.29) is 11.5 Å². The van der Waals surface area contributed by atoms with Crippen molar-refractivity contribution >= 4 is 72.7 Å². The third kappa shape index (κ3) is 3.53. The highest BCUT2D eigenvalue weighted by Crippen LogP contribution is 2.35. The second-order valence-corrected chi connectivity index (χ2v) is 9.31. The molecule has 2 heterocycles. The number of carbonyl (C=O) groups is 1. The molecule has 0 saturated heterocycles. The molecule has 0 fully saturated rings. The minimum atomic E-state index is -0.248. The second-order valence-electron chi connectivity index (χ2n) is 7.15. The zero-order valence-electron chi connectivity index (χ0n) is 16.7. The van der Waals surface area contributed by atoms with Crippen molar-refractivity contribution in [3.63, 3.8) is 0 Å². The lowest BCUT2D eigenvalue weighted by molar-refractivity contribution is -0.110. The Morgan fingerprint density at radius 2 is 1.91 bits per heavy atom. The molecule has 3 aromatic carbocycles. The monoisotopic (exact) mass is 599 g/mol. The number of rotatable bonds is 3. The molecule has 0 aliphatic carbocycles. The van der Waals surface area contributed by atoms with Gasteiger partial charge in [0.05, 0.1) is 29.3 Å². The summed E-state index contributed by atoms with van der Waals surface area (Å²) in [6.45, 7) is 0.